The van der Waals surface area contributed by atoms with Crippen LogP contribution in [0.5, 0.6) is 5.75 Å². The maximum absolute atomic E-state index is 9.18. The first-order valence-corrected chi connectivity index (χ1v) is 8.58. The molecule has 0 atom stereocenters. The maximum atomic E-state index is 9.18. The number of hydrogen-bond acceptors (Lipinski definition) is 6. The molecule has 0 spiro atoms. The van der Waals surface area contributed by atoms with E-state index in [0.717, 1.165) is 38.0 Å². The van der Waals surface area contributed by atoms with Gasteiger partial charge < -0.3 is 19.7 Å². The Kier molecular flexibility index (Phi) is 5.82. The number of rotatable bonds is 7. The minimum Gasteiger partial charge on any atom is -0.485 e. The molecule has 0 bridgehead atoms. The van der Waals surface area contributed by atoms with Gasteiger partial charge in [-0.1, -0.05) is 17.3 Å². The van der Waals surface area contributed by atoms with E-state index in [2.05, 4.69) is 27.6 Å². The van der Waals surface area contributed by atoms with E-state index in [4.69, 9.17) is 9.26 Å². The molecule has 1 aliphatic carbocycles. The van der Waals surface area contributed by atoms with E-state index in [9.17, 15) is 5.11 Å². The molecule has 0 amide bonds. The van der Waals surface area contributed by atoms with Crippen LogP contribution in [0.15, 0.2) is 28.8 Å². The van der Waals surface area contributed by atoms with Gasteiger partial charge in [-0.15, -0.1) is 0 Å². The summed E-state index contributed by atoms with van der Waals surface area (Å²) in [5, 5.41) is 16.6. The number of aromatic nitrogens is 2. The summed E-state index contributed by atoms with van der Waals surface area (Å²) in [4.78, 5) is 4.11. The monoisotopic (exact) mass is 331 g/mol. The lowest BCUT2D eigenvalue weighted by molar-refractivity contribution is 0.175. The molecule has 2 N–H and O–H groups in total. The first-order valence-electron chi connectivity index (χ1n) is 8.58. The zero-order valence-corrected chi connectivity index (χ0v) is 14.1. The van der Waals surface area contributed by atoms with Crippen molar-refractivity contribution in [1.29, 1.82) is 0 Å². The molecule has 3 rings (SSSR count). The topological polar surface area (TPSA) is 80.4 Å². The first-order chi connectivity index (χ1) is 11.7. The summed E-state index contributed by atoms with van der Waals surface area (Å²) in [7, 11) is 0. The van der Waals surface area contributed by atoms with Crippen LogP contribution in [0.4, 0.5) is 0 Å². The predicted molar refractivity (Wildman–Crippen MR) is 89.5 cm³/mol. The third kappa shape index (κ3) is 4.79. The SMILES string of the molecule is Cc1nc(COc2ccc(CNC3CCC(CO)CC3)cc2)no1. The van der Waals surface area contributed by atoms with Crippen molar-refractivity contribution in [2.24, 2.45) is 5.92 Å². The van der Waals surface area contributed by atoms with E-state index < -0.39 is 0 Å². The summed E-state index contributed by atoms with van der Waals surface area (Å²) >= 11 is 0. The third-order valence-electron chi connectivity index (χ3n) is 4.56. The fourth-order valence-electron chi connectivity index (χ4n) is 3.06. The summed E-state index contributed by atoms with van der Waals surface area (Å²) in [6, 6.07) is 8.64. The second-order valence-corrected chi connectivity index (χ2v) is 6.44. The van der Waals surface area contributed by atoms with Crippen LogP contribution in [0.1, 0.15) is 43.0 Å². The summed E-state index contributed by atoms with van der Waals surface area (Å²) in [6.07, 6.45) is 4.54. The highest BCUT2D eigenvalue weighted by Gasteiger charge is 2.19. The van der Waals surface area contributed by atoms with Gasteiger partial charge in [0, 0.05) is 26.1 Å². The molecule has 130 valence electrons. The number of hydrogen-bond donors (Lipinski definition) is 2. The number of aliphatic hydroxyl groups excluding tert-OH is 1. The fourth-order valence-corrected chi connectivity index (χ4v) is 3.06. The van der Waals surface area contributed by atoms with Gasteiger partial charge in [-0.3, -0.25) is 0 Å². The molecule has 0 aliphatic heterocycles. The van der Waals surface area contributed by atoms with Gasteiger partial charge in [0.15, 0.2) is 6.61 Å². The van der Waals surface area contributed by atoms with Crippen LogP contribution in [0.3, 0.4) is 0 Å². The molecule has 0 radical (unpaired) electrons. The fraction of sp³-hybridized carbons (Fsp3) is 0.556. The Morgan fingerprint density at radius 3 is 2.58 bits per heavy atom. The number of nitrogens with one attached hydrogen (secondary N) is 1. The summed E-state index contributed by atoms with van der Waals surface area (Å²) < 4.78 is 10.6. The first kappa shape index (κ1) is 16.9. The van der Waals surface area contributed by atoms with E-state index in [0.29, 0.717) is 36.9 Å². The largest absolute Gasteiger partial charge is 0.485 e. The molecule has 1 fully saturated rings. The summed E-state index contributed by atoms with van der Waals surface area (Å²) in [5.74, 6) is 2.40. The van der Waals surface area contributed by atoms with Crippen molar-refractivity contribution in [1.82, 2.24) is 15.5 Å². The minimum absolute atomic E-state index is 0.309. The van der Waals surface area contributed by atoms with Gasteiger partial charge in [0.2, 0.25) is 11.7 Å². The Hall–Kier alpha value is -1.92. The highest BCUT2D eigenvalue weighted by molar-refractivity contribution is 5.27. The van der Waals surface area contributed by atoms with Crippen LogP contribution in [-0.4, -0.2) is 27.9 Å². The van der Waals surface area contributed by atoms with Crippen molar-refractivity contribution >= 4 is 0 Å². The second-order valence-electron chi connectivity index (χ2n) is 6.44. The average molecular weight is 331 g/mol. The van der Waals surface area contributed by atoms with Crippen LogP contribution in [-0.2, 0) is 13.2 Å². The molecule has 24 heavy (non-hydrogen) atoms. The molecular weight excluding hydrogens is 306 g/mol. The zero-order chi connectivity index (χ0) is 16.8. The van der Waals surface area contributed by atoms with Crippen molar-refractivity contribution < 1.29 is 14.4 Å². The molecule has 1 heterocycles. The van der Waals surface area contributed by atoms with E-state index in [-0.39, 0.29) is 0 Å². The van der Waals surface area contributed by atoms with E-state index in [1.54, 1.807) is 6.92 Å². The average Bonchev–Trinajstić information content (AvgIpc) is 3.05. The third-order valence-corrected chi connectivity index (χ3v) is 4.56. The lowest BCUT2D eigenvalue weighted by Gasteiger charge is -2.28. The van der Waals surface area contributed by atoms with Crippen LogP contribution in [0.25, 0.3) is 0 Å². The lowest BCUT2D eigenvalue weighted by atomic mass is 9.86. The Balaban J connectivity index is 1.41. The van der Waals surface area contributed by atoms with Crippen LogP contribution in [0, 0.1) is 12.8 Å². The Morgan fingerprint density at radius 1 is 1.21 bits per heavy atom. The quantitative estimate of drug-likeness (QED) is 0.812. The van der Waals surface area contributed by atoms with Gasteiger partial charge in [-0.25, -0.2) is 0 Å². The Labute approximate surface area is 142 Å². The van der Waals surface area contributed by atoms with Crippen molar-refractivity contribution in [2.45, 2.75) is 51.8 Å². The minimum atomic E-state index is 0.309. The van der Waals surface area contributed by atoms with Gasteiger partial charge >= 0.3 is 0 Å². The molecule has 2 aromatic rings. The molecule has 0 saturated heterocycles. The highest BCUT2D eigenvalue weighted by Crippen LogP contribution is 2.24. The maximum Gasteiger partial charge on any atom is 0.223 e. The van der Waals surface area contributed by atoms with E-state index in [1.807, 2.05) is 12.1 Å². The van der Waals surface area contributed by atoms with Gasteiger partial charge in [-0.2, -0.15) is 4.98 Å². The van der Waals surface area contributed by atoms with Crippen molar-refractivity contribution in [3.63, 3.8) is 0 Å². The number of nitrogens with zero attached hydrogens (tertiary/aromatic N) is 2. The molecule has 1 aliphatic rings. The van der Waals surface area contributed by atoms with Crippen LogP contribution >= 0.6 is 0 Å². The Bertz CT molecular complexity index is 619. The molecule has 1 aromatic heterocycles. The van der Waals surface area contributed by atoms with Gasteiger partial charge in [-0.05, 0) is 49.3 Å². The predicted octanol–water partition coefficient (Wildman–Crippen LogP) is 2.60. The van der Waals surface area contributed by atoms with Crippen LogP contribution in [0.2, 0.25) is 0 Å². The summed E-state index contributed by atoms with van der Waals surface area (Å²) in [5.41, 5.74) is 1.24. The van der Waals surface area contributed by atoms with E-state index >= 15 is 0 Å². The Morgan fingerprint density at radius 2 is 1.96 bits per heavy atom. The number of aliphatic hydroxyl groups is 1. The molecule has 1 aromatic carbocycles. The molecule has 6 nitrogen and oxygen atoms in total. The lowest BCUT2D eigenvalue weighted by Crippen LogP contribution is -2.33. The smallest absolute Gasteiger partial charge is 0.223 e. The standard InChI is InChI=1S/C18H25N3O3/c1-13-20-18(21-24-13)12-23-17-8-4-14(5-9-17)10-19-16-6-2-15(11-22)3-7-16/h4-5,8-9,15-16,19,22H,2-3,6-7,10-12H2,1H3. The number of ether oxygens (including phenoxy) is 1. The number of aryl methyl sites for hydroxylation is 1. The van der Waals surface area contributed by atoms with Crippen LogP contribution < -0.4 is 10.1 Å². The van der Waals surface area contributed by atoms with Crippen molar-refractivity contribution in [3.05, 3.63) is 41.5 Å². The molecule has 1 saturated carbocycles. The molecule has 6 heteroatoms. The highest BCUT2D eigenvalue weighted by atomic mass is 16.5. The molecular formula is C18H25N3O3. The summed E-state index contributed by atoms with van der Waals surface area (Å²) in [6.45, 7) is 3.26. The van der Waals surface area contributed by atoms with E-state index in [1.165, 1.54) is 5.56 Å². The second kappa shape index (κ2) is 8.26. The van der Waals surface area contributed by atoms with Crippen molar-refractivity contribution in [3.8, 4) is 5.75 Å². The molecule has 0 unspecified atom stereocenters. The van der Waals surface area contributed by atoms with Gasteiger partial charge in [0.05, 0.1) is 0 Å². The van der Waals surface area contributed by atoms with Gasteiger partial charge in [0.1, 0.15) is 5.75 Å². The van der Waals surface area contributed by atoms with Gasteiger partial charge in [0.25, 0.3) is 0 Å². The normalized spacial score (nSPS) is 20.9. The zero-order valence-electron chi connectivity index (χ0n) is 14.1. The van der Waals surface area contributed by atoms with Crippen molar-refractivity contribution in [2.75, 3.05) is 6.61 Å². The number of benzene rings is 1.